The van der Waals surface area contributed by atoms with Crippen LogP contribution in [0.4, 0.5) is 0 Å². The molecule has 3 rings (SSSR count). The number of hydrogen-bond acceptors (Lipinski definition) is 2. The molecule has 1 aliphatic rings. The maximum absolute atomic E-state index is 12.6. The van der Waals surface area contributed by atoms with Gasteiger partial charge in [0.1, 0.15) is 0 Å². The standard InChI is InChI=1S/C18H22N2O/c1-13-9-14(2)12-20(11-13)17(21)10-16-6-3-5-15-7-4-8-19-18(15)16/h3-8,13-14H,9-12H2,1-2H3. The number of carbonyl (C=O) groups excluding carboxylic acids is 1. The Bertz CT molecular complexity index is 637. The Labute approximate surface area is 126 Å². The van der Waals surface area contributed by atoms with Gasteiger partial charge < -0.3 is 4.90 Å². The topological polar surface area (TPSA) is 33.2 Å². The molecule has 2 heterocycles. The average Bonchev–Trinajstić information content (AvgIpc) is 2.46. The minimum absolute atomic E-state index is 0.228. The number of rotatable bonds is 2. The van der Waals surface area contributed by atoms with Crippen LogP contribution in [0, 0.1) is 11.8 Å². The van der Waals surface area contributed by atoms with E-state index in [9.17, 15) is 4.79 Å². The molecule has 3 nitrogen and oxygen atoms in total. The minimum atomic E-state index is 0.228. The van der Waals surface area contributed by atoms with Crippen LogP contribution in [0.5, 0.6) is 0 Å². The van der Waals surface area contributed by atoms with Crippen LogP contribution in [0.25, 0.3) is 10.9 Å². The quantitative estimate of drug-likeness (QED) is 0.847. The smallest absolute Gasteiger partial charge is 0.227 e. The van der Waals surface area contributed by atoms with E-state index < -0.39 is 0 Å². The second-order valence-corrected chi connectivity index (χ2v) is 6.41. The third-order valence-electron chi connectivity index (χ3n) is 4.28. The minimum Gasteiger partial charge on any atom is -0.342 e. The molecule has 110 valence electrons. The van der Waals surface area contributed by atoms with Gasteiger partial charge in [0.05, 0.1) is 11.9 Å². The molecule has 2 unspecified atom stereocenters. The Morgan fingerprint density at radius 2 is 1.90 bits per heavy atom. The summed E-state index contributed by atoms with van der Waals surface area (Å²) in [6.45, 7) is 6.24. The first kappa shape index (κ1) is 14.1. The fourth-order valence-corrected chi connectivity index (χ4v) is 3.45. The second-order valence-electron chi connectivity index (χ2n) is 6.41. The molecule has 0 saturated carbocycles. The summed E-state index contributed by atoms with van der Waals surface area (Å²) in [5.41, 5.74) is 1.98. The Kier molecular flexibility index (Phi) is 3.91. The van der Waals surface area contributed by atoms with E-state index in [1.165, 1.54) is 6.42 Å². The van der Waals surface area contributed by atoms with Crippen molar-refractivity contribution in [2.45, 2.75) is 26.7 Å². The molecule has 0 radical (unpaired) electrons. The summed E-state index contributed by atoms with van der Waals surface area (Å²) in [4.78, 5) is 19.1. The molecule has 1 fully saturated rings. The fourth-order valence-electron chi connectivity index (χ4n) is 3.45. The van der Waals surface area contributed by atoms with Crippen molar-refractivity contribution in [3.63, 3.8) is 0 Å². The van der Waals surface area contributed by atoms with Gasteiger partial charge in [-0.1, -0.05) is 38.1 Å². The van der Waals surface area contributed by atoms with Crippen LogP contribution in [0.2, 0.25) is 0 Å². The third-order valence-corrected chi connectivity index (χ3v) is 4.28. The van der Waals surface area contributed by atoms with Crippen molar-refractivity contribution in [3.8, 4) is 0 Å². The van der Waals surface area contributed by atoms with E-state index >= 15 is 0 Å². The van der Waals surface area contributed by atoms with Gasteiger partial charge in [0.2, 0.25) is 5.91 Å². The summed E-state index contributed by atoms with van der Waals surface area (Å²) < 4.78 is 0. The zero-order chi connectivity index (χ0) is 14.8. The van der Waals surface area contributed by atoms with Gasteiger partial charge >= 0.3 is 0 Å². The Morgan fingerprint density at radius 3 is 2.67 bits per heavy atom. The van der Waals surface area contributed by atoms with Crippen LogP contribution >= 0.6 is 0 Å². The van der Waals surface area contributed by atoms with Gasteiger partial charge in [-0.15, -0.1) is 0 Å². The molecule has 1 aliphatic heterocycles. The van der Waals surface area contributed by atoms with E-state index in [-0.39, 0.29) is 5.91 Å². The molecule has 1 amide bonds. The number of nitrogens with zero attached hydrogens (tertiary/aromatic N) is 2. The number of fused-ring (bicyclic) bond motifs is 1. The highest BCUT2D eigenvalue weighted by molar-refractivity contribution is 5.87. The monoisotopic (exact) mass is 282 g/mol. The first-order valence-corrected chi connectivity index (χ1v) is 7.74. The van der Waals surface area contributed by atoms with Gasteiger partial charge in [0, 0.05) is 24.7 Å². The summed E-state index contributed by atoms with van der Waals surface area (Å²) >= 11 is 0. The summed E-state index contributed by atoms with van der Waals surface area (Å²) in [5, 5.41) is 1.10. The Morgan fingerprint density at radius 1 is 1.19 bits per heavy atom. The number of pyridine rings is 1. The molecule has 2 aromatic rings. The summed E-state index contributed by atoms with van der Waals surface area (Å²) in [5.74, 6) is 1.43. The van der Waals surface area contributed by atoms with Crippen LogP contribution in [0.15, 0.2) is 36.5 Å². The van der Waals surface area contributed by atoms with Crippen LogP contribution in [-0.2, 0) is 11.2 Å². The molecular weight excluding hydrogens is 260 g/mol. The number of hydrogen-bond donors (Lipinski definition) is 0. The molecule has 21 heavy (non-hydrogen) atoms. The number of benzene rings is 1. The van der Waals surface area contributed by atoms with E-state index in [1.807, 2.05) is 35.2 Å². The molecule has 1 aromatic heterocycles. The number of amides is 1. The van der Waals surface area contributed by atoms with Crippen molar-refractivity contribution < 1.29 is 4.79 Å². The largest absolute Gasteiger partial charge is 0.342 e. The highest BCUT2D eigenvalue weighted by Crippen LogP contribution is 2.23. The number of likely N-dealkylation sites (tertiary alicyclic amines) is 1. The maximum atomic E-state index is 12.6. The lowest BCUT2D eigenvalue weighted by atomic mass is 9.91. The first-order valence-electron chi connectivity index (χ1n) is 7.74. The highest BCUT2D eigenvalue weighted by Gasteiger charge is 2.25. The molecule has 3 heteroatoms. The highest BCUT2D eigenvalue weighted by atomic mass is 16.2. The lowest BCUT2D eigenvalue weighted by molar-refractivity contribution is -0.133. The number of para-hydroxylation sites is 1. The van der Waals surface area contributed by atoms with Gasteiger partial charge in [-0.2, -0.15) is 0 Å². The fraction of sp³-hybridized carbons (Fsp3) is 0.444. The second kappa shape index (κ2) is 5.84. The summed E-state index contributed by atoms with van der Waals surface area (Å²) in [7, 11) is 0. The van der Waals surface area contributed by atoms with Crippen molar-refractivity contribution in [2.75, 3.05) is 13.1 Å². The van der Waals surface area contributed by atoms with E-state index in [0.29, 0.717) is 18.3 Å². The van der Waals surface area contributed by atoms with E-state index in [4.69, 9.17) is 0 Å². The van der Waals surface area contributed by atoms with Crippen LogP contribution in [0.3, 0.4) is 0 Å². The van der Waals surface area contributed by atoms with E-state index in [2.05, 4.69) is 18.8 Å². The van der Waals surface area contributed by atoms with Crippen molar-refractivity contribution in [2.24, 2.45) is 11.8 Å². The first-order chi connectivity index (χ1) is 10.1. The van der Waals surface area contributed by atoms with Gasteiger partial charge in [0.25, 0.3) is 0 Å². The maximum Gasteiger partial charge on any atom is 0.227 e. The zero-order valence-electron chi connectivity index (χ0n) is 12.7. The molecule has 0 bridgehead atoms. The van der Waals surface area contributed by atoms with Crippen molar-refractivity contribution in [3.05, 3.63) is 42.1 Å². The number of piperidine rings is 1. The van der Waals surface area contributed by atoms with Crippen LogP contribution in [-0.4, -0.2) is 28.9 Å². The molecule has 0 spiro atoms. The number of carbonyl (C=O) groups is 1. The van der Waals surface area contributed by atoms with E-state index in [0.717, 1.165) is 29.6 Å². The van der Waals surface area contributed by atoms with Crippen LogP contribution in [0.1, 0.15) is 25.8 Å². The lowest BCUT2D eigenvalue weighted by Gasteiger charge is -2.35. The van der Waals surface area contributed by atoms with Gasteiger partial charge in [0.15, 0.2) is 0 Å². The molecule has 0 aliphatic carbocycles. The van der Waals surface area contributed by atoms with Gasteiger partial charge in [-0.25, -0.2) is 0 Å². The lowest BCUT2D eigenvalue weighted by Crippen LogP contribution is -2.43. The molecule has 1 saturated heterocycles. The molecule has 1 aromatic carbocycles. The SMILES string of the molecule is CC1CC(C)CN(C(=O)Cc2cccc3cccnc23)C1. The Hall–Kier alpha value is -1.90. The summed E-state index contributed by atoms with van der Waals surface area (Å²) in [6, 6.07) is 10.0. The van der Waals surface area contributed by atoms with Crippen molar-refractivity contribution in [1.82, 2.24) is 9.88 Å². The van der Waals surface area contributed by atoms with Crippen LogP contribution < -0.4 is 0 Å². The van der Waals surface area contributed by atoms with Gasteiger partial charge in [-0.3, -0.25) is 9.78 Å². The van der Waals surface area contributed by atoms with Crippen molar-refractivity contribution >= 4 is 16.8 Å². The summed E-state index contributed by atoms with van der Waals surface area (Å²) in [6.07, 6.45) is 3.47. The van der Waals surface area contributed by atoms with E-state index in [1.54, 1.807) is 6.20 Å². The third kappa shape index (κ3) is 3.07. The normalized spacial score (nSPS) is 22.5. The van der Waals surface area contributed by atoms with Gasteiger partial charge in [-0.05, 0) is 29.9 Å². The zero-order valence-corrected chi connectivity index (χ0v) is 12.7. The molecular formula is C18H22N2O. The predicted octanol–water partition coefficient (Wildman–Crippen LogP) is 3.28. The average molecular weight is 282 g/mol. The Balaban J connectivity index is 1.80. The number of aromatic nitrogens is 1. The molecule has 0 N–H and O–H groups in total. The van der Waals surface area contributed by atoms with Crippen molar-refractivity contribution in [1.29, 1.82) is 0 Å². The molecule has 2 atom stereocenters. The predicted molar refractivity (Wildman–Crippen MR) is 85.0 cm³/mol.